The Morgan fingerprint density at radius 1 is 1.15 bits per heavy atom. The molecular weight excluding hydrogens is 356 g/mol. The first-order chi connectivity index (χ1) is 12.5. The van der Waals surface area contributed by atoms with E-state index >= 15 is 0 Å². The highest BCUT2D eigenvalue weighted by atomic mass is 32.2. The second-order valence-corrected chi connectivity index (χ2v) is 8.30. The molecule has 7 nitrogen and oxygen atoms in total. The quantitative estimate of drug-likeness (QED) is 0.662. The van der Waals surface area contributed by atoms with Gasteiger partial charge in [0.05, 0.1) is 18.6 Å². The molecule has 0 heterocycles. The van der Waals surface area contributed by atoms with Gasteiger partial charge in [0, 0.05) is 6.04 Å². The molecule has 1 amide bonds. The second kappa shape index (κ2) is 9.89. The molecule has 0 saturated heterocycles. The lowest BCUT2D eigenvalue weighted by Crippen LogP contribution is -2.51. The van der Waals surface area contributed by atoms with Crippen LogP contribution >= 0.6 is 0 Å². The maximum absolute atomic E-state index is 12.5. The maximum atomic E-state index is 12.5. The Morgan fingerprint density at radius 2 is 1.73 bits per heavy atom. The van der Waals surface area contributed by atoms with Crippen LogP contribution < -0.4 is 14.8 Å². The smallest absolute Gasteiger partial charge is 0.241 e. The van der Waals surface area contributed by atoms with E-state index in [0.29, 0.717) is 5.75 Å². The number of nitrogens with one attached hydrogen (secondary N) is 2. The van der Waals surface area contributed by atoms with Gasteiger partial charge in [-0.25, -0.2) is 8.42 Å². The summed E-state index contributed by atoms with van der Waals surface area (Å²) >= 11 is 0. The fourth-order valence-electron chi connectivity index (χ4n) is 3.09. The molecule has 0 radical (unpaired) electrons. The van der Waals surface area contributed by atoms with E-state index in [9.17, 15) is 18.3 Å². The van der Waals surface area contributed by atoms with E-state index < -0.39 is 28.6 Å². The van der Waals surface area contributed by atoms with Crippen LogP contribution in [0.2, 0.25) is 0 Å². The first-order valence-corrected chi connectivity index (χ1v) is 10.5. The standard InChI is InChI=1S/C18H28N2O5S/c1-25-15-9-11-16(12-10-15)26(23,24)20-17(13-21)18(22)19-14-7-5-3-2-4-6-8-14/h9-12,14,17,20-21H,2-8,13H2,1H3,(H,19,22). The summed E-state index contributed by atoms with van der Waals surface area (Å²) in [5.74, 6) is 0.0415. The number of aliphatic hydroxyl groups excluding tert-OH is 1. The van der Waals surface area contributed by atoms with Crippen molar-refractivity contribution in [3.63, 3.8) is 0 Å². The average Bonchev–Trinajstić information content (AvgIpc) is 2.61. The molecule has 1 atom stereocenters. The SMILES string of the molecule is COc1ccc(S(=O)(=O)NC(CO)C(=O)NC2CCCCCCC2)cc1. The molecule has 0 spiro atoms. The van der Waals surface area contributed by atoms with E-state index in [1.54, 1.807) is 0 Å². The summed E-state index contributed by atoms with van der Waals surface area (Å²) in [6.45, 7) is -0.603. The van der Waals surface area contributed by atoms with Crippen LogP contribution in [0.4, 0.5) is 0 Å². The molecule has 1 unspecified atom stereocenters. The molecule has 0 bridgehead atoms. The zero-order chi connectivity index (χ0) is 19.0. The molecule has 3 N–H and O–H groups in total. The first kappa shape index (κ1) is 20.7. The van der Waals surface area contributed by atoms with Gasteiger partial charge >= 0.3 is 0 Å². The number of amides is 1. The third-order valence-electron chi connectivity index (χ3n) is 4.62. The van der Waals surface area contributed by atoms with Gasteiger partial charge in [0.2, 0.25) is 15.9 Å². The number of sulfonamides is 1. The Balaban J connectivity index is 2.00. The summed E-state index contributed by atoms with van der Waals surface area (Å²) < 4.78 is 32.2. The molecule has 1 aromatic carbocycles. The summed E-state index contributed by atoms with van der Waals surface area (Å²) in [4.78, 5) is 12.4. The van der Waals surface area contributed by atoms with E-state index in [0.717, 1.165) is 38.5 Å². The molecule has 8 heteroatoms. The zero-order valence-corrected chi connectivity index (χ0v) is 15.9. The van der Waals surface area contributed by atoms with Crippen LogP contribution in [0.1, 0.15) is 44.9 Å². The molecule has 2 rings (SSSR count). The molecule has 1 aliphatic rings. The highest BCUT2D eigenvalue weighted by Gasteiger charge is 2.27. The third-order valence-corrected chi connectivity index (χ3v) is 6.11. The molecule has 1 aliphatic carbocycles. The second-order valence-electron chi connectivity index (χ2n) is 6.58. The minimum absolute atomic E-state index is 0.00973. The number of methoxy groups -OCH3 is 1. The molecule has 1 saturated carbocycles. The van der Waals surface area contributed by atoms with Crippen molar-refractivity contribution in [2.75, 3.05) is 13.7 Å². The number of hydrogen-bond donors (Lipinski definition) is 3. The third kappa shape index (κ3) is 5.96. The van der Waals surface area contributed by atoms with Gasteiger partial charge in [0.1, 0.15) is 11.8 Å². The lowest BCUT2D eigenvalue weighted by molar-refractivity contribution is -0.124. The number of hydrogen-bond acceptors (Lipinski definition) is 5. The lowest BCUT2D eigenvalue weighted by atomic mass is 9.96. The zero-order valence-electron chi connectivity index (χ0n) is 15.1. The van der Waals surface area contributed by atoms with Gasteiger partial charge in [0.25, 0.3) is 0 Å². The number of carbonyl (C=O) groups is 1. The van der Waals surface area contributed by atoms with Crippen molar-refractivity contribution < 1.29 is 23.1 Å². The highest BCUT2D eigenvalue weighted by molar-refractivity contribution is 7.89. The summed E-state index contributed by atoms with van der Waals surface area (Å²) in [5.41, 5.74) is 0. The van der Waals surface area contributed by atoms with Crippen LogP contribution in [0.25, 0.3) is 0 Å². The number of carbonyl (C=O) groups excluding carboxylic acids is 1. The Morgan fingerprint density at radius 3 is 2.27 bits per heavy atom. The van der Waals surface area contributed by atoms with Gasteiger partial charge in [-0.05, 0) is 37.1 Å². The van der Waals surface area contributed by atoms with Crippen molar-refractivity contribution in [1.82, 2.24) is 10.0 Å². The number of rotatable bonds is 7. The summed E-state index contributed by atoms with van der Waals surface area (Å²) in [6, 6.07) is 4.65. The average molecular weight is 384 g/mol. The van der Waals surface area contributed by atoms with Crippen molar-refractivity contribution >= 4 is 15.9 Å². The van der Waals surface area contributed by atoms with Gasteiger partial charge in [-0.1, -0.05) is 32.1 Å². The molecular formula is C18H28N2O5S. The van der Waals surface area contributed by atoms with Crippen LogP contribution in [0.15, 0.2) is 29.2 Å². The predicted molar refractivity (Wildman–Crippen MR) is 98.4 cm³/mol. The predicted octanol–water partition coefficient (Wildman–Crippen LogP) is 1.56. The minimum Gasteiger partial charge on any atom is -0.497 e. The first-order valence-electron chi connectivity index (χ1n) is 9.04. The Labute approximate surface area is 155 Å². The van der Waals surface area contributed by atoms with Crippen molar-refractivity contribution in [3.8, 4) is 5.75 Å². The van der Waals surface area contributed by atoms with Gasteiger partial charge < -0.3 is 15.2 Å². The van der Waals surface area contributed by atoms with E-state index in [2.05, 4.69) is 10.0 Å². The van der Waals surface area contributed by atoms with E-state index in [1.165, 1.54) is 37.8 Å². The maximum Gasteiger partial charge on any atom is 0.241 e. The largest absolute Gasteiger partial charge is 0.497 e. The number of aliphatic hydroxyl groups is 1. The minimum atomic E-state index is -3.92. The summed E-state index contributed by atoms with van der Waals surface area (Å²) in [6.07, 6.45) is 7.39. The van der Waals surface area contributed by atoms with Gasteiger partial charge in [0.15, 0.2) is 0 Å². The van der Waals surface area contributed by atoms with E-state index in [-0.39, 0.29) is 10.9 Å². The van der Waals surface area contributed by atoms with Gasteiger partial charge in [-0.3, -0.25) is 4.79 Å². The molecule has 1 fully saturated rings. The molecule has 0 aromatic heterocycles. The molecule has 26 heavy (non-hydrogen) atoms. The Hall–Kier alpha value is -1.64. The molecule has 1 aromatic rings. The summed E-state index contributed by atoms with van der Waals surface area (Å²) in [5, 5.41) is 12.4. The Bertz CT molecular complexity index is 667. The van der Waals surface area contributed by atoms with Crippen LogP contribution in [0.5, 0.6) is 5.75 Å². The van der Waals surface area contributed by atoms with Crippen LogP contribution in [0, 0.1) is 0 Å². The van der Waals surface area contributed by atoms with Gasteiger partial charge in [-0.2, -0.15) is 4.72 Å². The number of benzene rings is 1. The fraction of sp³-hybridized carbons (Fsp3) is 0.611. The van der Waals surface area contributed by atoms with Gasteiger partial charge in [-0.15, -0.1) is 0 Å². The van der Waals surface area contributed by atoms with E-state index in [1.807, 2.05) is 0 Å². The highest BCUT2D eigenvalue weighted by Crippen LogP contribution is 2.18. The monoisotopic (exact) mass is 384 g/mol. The molecule has 146 valence electrons. The van der Waals surface area contributed by atoms with Crippen LogP contribution in [0.3, 0.4) is 0 Å². The van der Waals surface area contributed by atoms with Crippen LogP contribution in [-0.4, -0.2) is 45.2 Å². The normalized spacial score (nSPS) is 17.8. The summed E-state index contributed by atoms with van der Waals surface area (Å²) in [7, 11) is -2.43. The van der Waals surface area contributed by atoms with Crippen LogP contribution in [-0.2, 0) is 14.8 Å². The topological polar surface area (TPSA) is 105 Å². The fourth-order valence-corrected chi connectivity index (χ4v) is 4.27. The Kier molecular flexibility index (Phi) is 7.86. The molecule has 0 aliphatic heterocycles. The van der Waals surface area contributed by atoms with Crippen molar-refractivity contribution in [1.29, 1.82) is 0 Å². The van der Waals surface area contributed by atoms with Crippen molar-refractivity contribution in [2.45, 2.75) is 61.9 Å². The van der Waals surface area contributed by atoms with E-state index in [4.69, 9.17) is 4.74 Å². The van der Waals surface area contributed by atoms with Crippen molar-refractivity contribution in [3.05, 3.63) is 24.3 Å². The van der Waals surface area contributed by atoms with Crippen molar-refractivity contribution in [2.24, 2.45) is 0 Å². The number of ether oxygens (including phenoxy) is 1. The lowest BCUT2D eigenvalue weighted by Gasteiger charge is -2.24.